The van der Waals surface area contributed by atoms with Crippen molar-refractivity contribution in [2.24, 2.45) is 10.4 Å². The van der Waals surface area contributed by atoms with Crippen molar-refractivity contribution in [3.8, 4) is 5.75 Å². The van der Waals surface area contributed by atoms with Crippen molar-refractivity contribution in [2.75, 3.05) is 27.7 Å². The maximum atomic E-state index is 5.40. The van der Waals surface area contributed by atoms with E-state index < -0.39 is 0 Å². The van der Waals surface area contributed by atoms with Crippen LogP contribution in [0.2, 0.25) is 0 Å². The Hall–Kier alpha value is -1.71. The highest BCUT2D eigenvalue weighted by Gasteiger charge is 2.12. The van der Waals surface area contributed by atoms with E-state index in [-0.39, 0.29) is 0 Å². The molecule has 0 aliphatic rings. The van der Waals surface area contributed by atoms with E-state index in [0.717, 1.165) is 36.8 Å². The van der Waals surface area contributed by atoms with Gasteiger partial charge in [-0.25, -0.2) is 0 Å². The Kier molecular flexibility index (Phi) is 6.53. The number of para-hydroxylation sites is 1. The number of hydrogen-bond acceptors (Lipinski definition) is 2. The van der Waals surface area contributed by atoms with Gasteiger partial charge < -0.3 is 15.0 Å². The molecular weight excluding hydrogens is 262 g/mol. The number of ether oxygens (including phenoxy) is 1. The lowest BCUT2D eigenvalue weighted by Crippen LogP contribution is -2.39. The van der Waals surface area contributed by atoms with Crippen molar-refractivity contribution in [1.29, 1.82) is 0 Å². The van der Waals surface area contributed by atoms with E-state index >= 15 is 0 Å². The molecule has 0 atom stereocenters. The van der Waals surface area contributed by atoms with E-state index in [0.29, 0.717) is 5.41 Å². The fourth-order valence-electron chi connectivity index (χ4n) is 2.10. The monoisotopic (exact) mass is 291 g/mol. The molecule has 21 heavy (non-hydrogen) atoms. The summed E-state index contributed by atoms with van der Waals surface area (Å²) in [6, 6.07) is 8.08. The second-order valence-electron chi connectivity index (χ2n) is 6.45. The minimum Gasteiger partial charge on any atom is -0.496 e. The molecule has 1 aromatic rings. The zero-order valence-corrected chi connectivity index (χ0v) is 14.2. The number of benzene rings is 1. The fourth-order valence-corrected chi connectivity index (χ4v) is 2.10. The Morgan fingerprint density at radius 1 is 1.29 bits per heavy atom. The van der Waals surface area contributed by atoms with Gasteiger partial charge in [-0.1, -0.05) is 39.0 Å². The van der Waals surface area contributed by atoms with Crippen LogP contribution in [-0.4, -0.2) is 38.6 Å². The van der Waals surface area contributed by atoms with Gasteiger partial charge >= 0.3 is 0 Å². The third kappa shape index (κ3) is 6.06. The predicted octanol–water partition coefficient (Wildman–Crippen LogP) is 3.14. The topological polar surface area (TPSA) is 36.9 Å². The summed E-state index contributed by atoms with van der Waals surface area (Å²) in [4.78, 5) is 6.46. The van der Waals surface area contributed by atoms with Crippen LogP contribution in [0.1, 0.15) is 32.8 Å². The molecule has 0 aromatic heterocycles. The molecule has 0 amide bonds. The van der Waals surface area contributed by atoms with E-state index in [1.807, 2.05) is 32.3 Å². The number of guanidine groups is 1. The maximum absolute atomic E-state index is 5.40. The summed E-state index contributed by atoms with van der Waals surface area (Å²) in [5.41, 5.74) is 1.48. The average molecular weight is 291 g/mol. The predicted molar refractivity (Wildman–Crippen MR) is 89.9 cm³/mol. The molecule has 0 unspecified atom stereocenters. The number of nitrogens with zero attached hydrogens (tertiary/aromatic N) is 2. The number of aliphatic imine (C=N–C) groups is 1. The van der Waals surface area contributed by atoms with Crippen LogP contribution in [0.3, 0.4) is 0 Å². The second-order valence-corrected chi connectivity index (χ2v) is 6.45. The molecule has 0 saturated carbocycles. The quantitative estimate of drug-likeness (QED) is 0.669. The lowest BCUT2D eigenvalue weighted by molar-refractivity contribution is 0.370. The van der Waals surface area contributed by atoms with Gasteiger partial charge in [-0.3, -0.25) is 4.99 Å². The van der Waals surface area contributed by atoms with Crippen LogP contribution in [-0.2, 0) is 6.54 Å². The summed E-state index contributed by atoms with van der Waals surface area (Å²) < 4.78 is 5.40. The number of nitrogens with one attached hydrogen (secondary N) is 1. The summed E-state index contributed by atoms with van der Waals surface area (Å²) in [6.45, 7) is 8.42. The van der Waals surface area contributed by atoms with Crippen LogP contribution in [0.4, 0.5) is 0 Å². The molecule has 0 heterocycles. The highest BCUT2D eigenvalue weighted by molar-refractivity contribution is 5.79. The summed E-state index contributed by atoms with van der Waals surface area (Å²) >= 11 is 0. The van der Waals surface area contributed by atoms with Crippen molar-refractivity contribution >= 4 is 5.96 Å². The molecule has 1 N–H and O–H groups in total. The summed E-state index contributed by atoms with van der Waals surface area (Å²) in [6.07, 6.45) is 1.11. The van der Waals surface area contributed by atoms with E-state index in [9.17, 15) is 0 Å². The maximum Gasteiger partial charge on any atom is 0.193 e. The van der Waals surface area contributed by atoms with Gasteiger partial charge in [-0.05, 0) is 17.9 Å². The molecule has 0 saturated heterocycles. The normalized spacial score (nSPS) is 12.2. The molecule has 0 spiro atoms. The van der Waals surface area contributed by atoms with E-state index in [1.54, 1.807) is 7.11 Å². The number of rotatable bonds is 5. The average Bonchev–Trinajstić information content (AvgIpc) is 2.43. The van der Waals surface area contributed by atoms with Crippen LogP contribution in [0.5, 0.6) is 5.75 Å². The Bertz CT molecular complexity index is 463. The van der Waals surface area contributed by atoms with Gasteiger partial charge in [0.05, 0.1) is 7.11 Å². The first-order valence-corrected chi connectivity index (χ1v) is 7.41. The summed E-state index contributed by atoms with van der Waals surface area (Å²) in [5.74, 6) is 1.82. The molecule has 0 radical (unpaired) electrons. The second kappa shape index (κ2) is 7.91. The standard InChI is InChI=1S/C17H29N3O/c1-17(2,3)11-12-19-16(18-4)20(5)13-14-9-7-8-10-15(14)21-6/h7-10H,11-13H2,1-6H3,(H,18,19). The van der Waals surface area contributed by atoms with Crippen molar-refractivity contribution < 1.29 is 4.74 Å². The van der Waals surface area contributed by atoms with Crippen molar-refractivity contribution in [1.82, 2.24) is 10.2 Å². The molecule has 4 heteroatoms. The number of methoxy groups -OCH3 is 1. The highest BCUT2D eigenvalue weighted by Crippen LogP contribution is 2.19. The van der Waals surface area contributed by atoms with Crippen LogP contribution in [0.25, 0.3) is 0 Å². The molecule has 0 aliphatic heterocycles. The van der Waals surface area contributed by atoms with Gasteiger partial charge in [0.2, 0.25) is 0 Å². The summed E-state index contributed by atoms with van der Waals surface area (Å²) in [7, 11) is 5.56. The largest absolute Gasteiger partial charge is 0.496 e. The Morgan fingerprint density at radius 3 is 2.52 bits per heavy atom. The molecular formula is C17H29N3O. The number of hydrogen-bond donors (Lipinski definition) is 1. The molecule has 4 nitrogen and oxygen atoms in total. The zero-order valence-electron chi connectivity index (χ0n) is 14.2. The van der Waals surface area contributed by atoms with Gasteiger partial charge in [-0.15, -0.1) is 0 Å². The van der Waals surface area contributed by atoms with Crippen molar-refractivity contribution in [3.05, 3.63) is 29.8 Å². The Morgan fingerprint density at radius 2 is 1.95 bits per heavy atom. The molecule has 1 rings (SSSR count). The van der Waals surface area contributed by atoms with E-state index in [2.05, 4.69) is 42.0 Å². The third-order valence-corrected chi connectivity index (χ3v) is 3.33. The first kappa shape index (κ1) is 17.3. The van der Waals surface area contributed by atoms with Crippen molar-refractivity contribution in [3.63, 3.8) is 0 Å². The Balaban J connectivity index is 2.61. The SMILES string of the molecule is CN=C(NCCC(C)(C)C)N(C)Cc1ccccc1OC. The third-order valence-electron chi connectivity index (χ3n) is 3.33. The van der Waals surface area contributed by atoms with Gasteiger partial charge in [0.15, 0.2) is 5.96 Å². The van der Waals surface area contributed by atoms with E-state index in [1.165, 1.54) is 0 Å². The first-order chi connectivity index (χ1) is 9.87. The van der Waals surface area contributed by atoms with Crippen LogP contribution in [0.15, 0.2) is 29.3 Å². The molecule has 118 valence electrons. The lowest BCUT2D eigenvalue weighted by atomic mass is 9.92. The van der Waals surface area contributed by atoms with Crippen LogP contribution in [0, 0.1) is 5.41 Å². The van der Waals surface area contributed by atoms with E-state index in [4.69, 9.17) is 4.74 Å². The smallest absolute Gasteiger partial charge is 0.193 e. The minimum absolute atomic E-state index is 0.326. The van der Waals surface area contributed by atoms with Gasteiger partial charge in [0.1, 0.15) is 5.75 Å². The molecule has 1 aromatic carbocycles. The lowest BCUT2D eigenvalue weighted by Gasteiger charge is -2.25. The molecule has 0 aliphatic carbocycles. The Labute approximate surface area is 129 Å². The first-order valence-electron chi connectivity index (χ1n) is 7.41. The fraction of sp³-hybridized carbons (Fsp3) is 0.588. The van der Waals surface area contributed by atoms with Crippen LogP contribution < -0.4 is 10.1 Å². The summed E-state index contributed by atoms with van der Waals surface area (Å²) in [5, 5.41) is 3.42. The molecule has 0 bridgehead atoms. The zero-order chi connectivity index (χ0) is 15.9. The van der Waals surface area contributed by atoms with Crippen LogP contribution >= 0.6 is 0 Å². The van der Waals surface area contributed by atoms with Gasteiger partial charge in [-0.2, -0.15) is 0 Å². The molecule has 0 fully saturated rings. The highest BCUT2D eigenvalue weighted by atomic mass is 16.5. The minimum atomic E-state index is 0.326. The van der Waals surface area contributed by atoms with Crippen molar-refractivity contribution in [2.45, 2.75) is 33.7 Å². The van der Waals surface area contributed by atoms with Gasteiger partial charge in [0, 0.05) is 32.7 Å². The van der Waals surface area contributed by atoms with Gasteiger partial charge in [0.25, 0.3) is 0 Å².